The molecule has 0 spiro atoms. The summed E-state index contributed by atoms with van der Waals surface area (Å²) < 4.78 is 27.4. The van der Waals surface area contributed by atoms with Crippen LogP contribution in [0, 0.1) is 17.6 Å². The van der Waals surface area contributed by atoms with Crippen LogP contribution in [0.1, 0.15) is 36.0 Å². The van der Waals surface area contributed by atoms with Gasteiger partial charge in [0.2, 0.25) is 5.91 Å². The second kappa shape index (κ2) is 6.64. The van der Waals surface area contributed by atoms with E-state index < -0.39 is 23.1 Å². The molecule has 2 saturated heterocycles. The molecular formula is C17H20F2N2O2. The molecule has 124 valence electrons. The first kappa shape index (κ1) is 15.9. The van der Waals surface area contributed by atoms with Gasteiger partial charge in [0, 0.05) is 32.1 Å². The van der Waals surface area contributed by atoms with Crippen molar-refractivity contribution in [3.63, 3.8) is 0 Å². The minimum Gasteiger partial charge on any atom is -0.342 e. The minimum atomic E-state index is -0.842. The van der Waals surface area contributed by atoms with Crippen LogP contribution in [0.15, 0.2) is 18.2 Å². The van der Waals surface area contributed by atoms with Gasteiger partial charge >= 0.3 is 0 Å². The first-order chi connectivity index (χ1) is 11.1. The van der Waals surface area contributed by atoms with E-state index in [1.54, 1.807) is 0 Å². The number of hydrogen-bond donors (Lipinski definition) is 0. The summed E-state index contributed by atoms with van der Waals surface area (Å²) in [4.78, 5) is 28.0. The number of nitrogens with zero attached hydrogens (tertiary/aromatic N) is 2. The minimum absolute atomic E-state index is 0.0809. The van der Waals surface area contributed by atoms with Crippen LogP contribution in [0.3, 0.4) is 0 Å². The lowest BCUT2D eigenvalue weighted by Gasteiger charge is -2.33. The molecular weight excluding hydrogens is 302 g/mol. The van der Waals surface area contributed by atoms with Crippen LogP contribution in [0.25, 0.3) is 0 Å². The van der Waals surface area contributed by atoms with E-state index in [1.807, 2.05) is 4.90 Å². The fourth-order valence-corrected chi connectivity index (χ4v) is 3.39. The molecule has 2 aliphatic rings. The van der Waals surface area contributed by atoms with Gasteiger partial charge < -0.3 is 9.80 Å². The Kier molecular flexibility index (Phi) is 4.59. The Labute approximate surface area is 134 Å². The Morgan fingerprint density at radius 3 is 2.04 bits per heavy atom. The number of benzene rings is 1. The molecule has 3 rings (SSSR count). The van der Waals surface area contributed by atoms with E-state index in [-0.39, 0.29) is 11.8 Å². The molecule has 0 aliphatic carbocycles. The molecule has 23 heavy (non-hydrogen) atoms. The van der Waals surface area contributed by atoms with Crippen molar-refractivity contribution in [3.8, 4) is 0 Å². The summed E-state index contributed by atoms with van der Waals surface area (Å²) in [5, 5.41) is 0. The van der Waals surface area contributed by atoms with Gasteiger partial charge in [-0.1, -0.05) is 6.07 Å². The van der Waals surface area contributed by atoms with Crippen LogP contribution < -0.4 is 0 Å². The zero-order valence-electron chi connectivity index (χ0n) is 12.9. The highest BCUT2D eigenvalue weighted by molar-refractivity contribution is 5.95. The van der Waals surface area contributed by atoms with Gasteiger partial charge in [-0.3, -0.25) is 9.59 Å². The normalized spacial score (nSPS) is 19.2. The van der Waals surface area contributed by atoms with E-state index in [2.05, 4.69) is 0 Å². The van der Waals surface area contributed by atoms with Gasteiger partial charge in [-0.2, -0.15) is 0 Å². The molecule has 0 aromatic heterocycles. The average molecular weight is 322 g/mol. The molecule has 0 N–H and O–H groups in total. The standard InChI is InChI=1S/C17H20F2N2O2/c18-13-4-3-5-14(19)15(13)17(23)21-10-6-12(7-11-21)16(22)20-8-1-2-9-20/h3-5,12H,1-2,6-11H2. The van der Waals surface area contributed by atoms with Crippen molar-refractivity contribution in [2.45, 2.75) is 25.7 Å². The van der Waals surface area contributed by atoms with E-state index in [9.17, 15) is 18.4 Å². The van der Waals surface area contributed by atoms with Gasteiger partial charge in [0.05, 0.1) is 0 Å². The number of likely N-dealkylation sites (tertiary alicyclic amines) is 2. The van der Waals surface area contributed by atoms with E-state index >= 15 is 0 Å². The molecule has 0 unspecified atom stereocenters. The zero-order chi connectivity index (χ0) is 16.4. The van der Waals surface area contributed by atoms with Crippen LogP contribution in [-0.2, 0) is 4.79 Å². The van der Waals surface area contributed by atoms with Gasteiger partial charge in [-0.25, -0.2) is 8.78 Å². The van der Waals surface area contributed by atoms with Gasteiger partial charge in [0.15, 0.2) is 0 Å². The Morgan fingerprint density at radius 2 is 1.48 bits per heavy atom. The number of hydrogen-bond acceptors (Lipinski definition) is 2. The number of amides is 2. The summed E-state index contributed by atoms with van der Waals surface area (Å²) in [5.41, 5.74) is -0.503. The maximum atomic E-state index is 13.7. The predicted octanol–water partition coefficient (Wildman–Crippen LogP) is 2.44. The van der Waals surface area contributed by atoms with Crippen molar-refractivity contribution in [2.24, 2.45) is 5.92 Å². The topological polar surface area (TPSA) is 40.6 Å². The van der Waals surface area contributed by atoms with E-state index in [1.165, 1.54) is 11.0 Å². The summed E-state index contributed by atoms with van der Waals surface area (Å²) in [6.45, 7) is 2.35. The lowest BCUT2D eigenvalue weighted by atomic mass is 9.95. The van der Waals surface area contributed by atoms with Crippen molar-refractivity contribution in [2.75, 3.05) is 26.2 Å². The van der Waals surface area contributed by atoms with Crippen LogP contribution in [0.5, 0.6) is 0 Å². The molecule has 0 saturated carbocycles. The Hall–Kier alpha value is -1.98. The van der Waals surface area contributed by atoms with Crippen LogP contribution >= 0.6 is 0 Å². The second-order valence-corrected chi connectivity index (χ2v) is 6.20. The maximum Gasteiger partial charge on any atom is 0.259 e. The highest BCUT2D eigenvalue weighted by Gasteiger charge is 2.32. The lowest BCUT2D eigenvalue weighted by molar-refractivity contribution is -0.135. The molecule has 2 fully saturated rings. The first-order valence-corrected chi connectivity index (χ1v) is 8.10. The van der Waals surface area contributed by atoms with Crippen molar-refractivity contribution in [1.29, 1.82) is 0 Å². The summed E-state index contributed by atoms with van der Waals surface area (Å²) in [6.07, 6.45) is 3.21. The molecule has 0 radical (unpaired) electrons. The second-order valence-electron chi connectivity index (χ2n) is 6.20. The SMILES string of the molecule is O=C(c1c(F)cccc1F)N1CCC(C(=O)N2CCCC2)CC1. The summed E-state index contributed by atoms with van der Waals surface area (Å²) in [5.74, 6) is -2.24. The third kappa shape index (κ3) is 3.21. The smallest absolute Gasteiger partial charge is 0.259 e. The highest BCUT2D eigenvalue weighted by Crippen LogP contribution is 2.24. The van der Waals surface area contributed by atoms with Gasteiger partial charge in [0.1, 0.15) is 17.2 Å². The number of carbonyl (C=O) groups is 2. The average Bonchev–Trinajstić information content (AvgIpc) is 3.08. The fraction of sp³-hybridized carbons (Fsp3) is 0.529. The summed E-state index contributed by atoms with van der Waals surface area (Å²) in [7, 11) is 0. The first-order valence-electron chi connectivity index (χ1n) is 8.10. The van der Waals surface area contributed by atoms with Gasteiger partial charge in [0.25, 0.3) is 5.91 Å². The fourth-order valence-electron chi connectivity index (χ4n) is 3.39. The zero-order valence-corrected chi connectivity index (χ0v) is 12.9. The highest BCUT2D eigenvalue weighted by atomic mass is 19.1. The Morgan fingerprint density at radius 1 is 0.913 bits per heavy atom. The Balaban J connectivity index is 1.62. The predicted molar refractivity (Wildman–Crippen MR) is 80.8 cm³/mol. The van der Waals surface area contributed by atoms with Crippen molar-refractivity contribution < 1.29 is 18.4 Å². The molecule has 4 nitrogen and oxygen atoms in total. The van der Waals surface area contributed by atoms with E-state index in [0.717, 1.165) is 38.1 Å². The third-order valence-electron chi connectivity index (χ3n) is 4.73. The summed E-state index contributed by atoms with van der Waals surface area (Å²) in [6, 6.07) is 3.41. The van der Waals surface area contributed by atoms with Gasteiger partial charge in [-0.15, -0.1) is 0 Å². The number of rotatable bonds is 2. The van der Waals surface area contributed by atoms with Crippen molar-refractivity contribution in [1.82, 2.24) is 9.80 Å². The molecule has 1 aromatic rings. The Bertz CT molecular complexity index is 586. The maximum absolute atomic E-state index is 13.7. The molecule has 1 aromatic carbocycles. The molecule has 6 heteroatoms. The molecule has 2 amide bonds. The van der Waals surface area contributed by atoms with Crippen LogP contribution in [0.2, 0.25) is 0 Å². The quantitative estimate of drug-likeness (QED) is 0.839. The van der Waals surface area contributed by atoms with Crippen LogP contribution in [-0.4, -0.2) is 47.8 Å². The number of carbonyl (C=O) groups excluding carboxylic acids is 2. The van der Waals surface area contributed by atoms with Crippen molar-refractivity contribution in [3.05, 3.63) is 35.4 Å². The molecule has 2 heterocycles. The largest absolute Gasteiger partial charge is 0.342 e. The van der Waals surface area contributed by atoms with Crippen molar-refractivity contribution >= 4 is 11.8 Å². The molecule has 0 atom stereocenters. The van der Waals surface area contributed by atoms with Crippen LogP contribution in [0.4, 0.5) is 8.78 Å². The lowest BCUT2D eigenvalue weighted by Crippen LogP contribution is -2.44. The number of piperidine rings is 1. The molecule has 0 bridgehead atoms. The van der Waals surface area contributed by atoms with E-state index in [0.29, 0.717) is 25.9 Å². The monoisotopic (exact) mass is 322 g/mol. The molecule has 2 aliphatic heterocycles. The van der Waals surface area contributed by atoms with Gasteiger partial charge in [-0.05, 0) is 37.8 Å². The third-order valence-corrected chi connectivity index (χ3v) is 4.73. The summed E-state index contributed by atoms with van der Waals surface area (Å²) >= 11 is 0. The number of halogens is 2. The van der Waals surface area contributed by atoms with E-state index in [4.69, 9.17) is 0 Å².